The van der Waals surface area contributed by atoms with Crippen LogP contribution in [0.5, 0.6) is 0 Å². The van der Waals surface area contributed by atoms with Crippen molar-refractivity contribution in [1.82, 2.24) is 0 Å². The lowest BCUT2D eigenvalue weighted by Crippen LogP contribution is -1.99. The van der Waals surface area contributed by atoms with Gasteiger partial charge in [-0.05, 0) is 12.2 Å². The first-order valence-electron chi connectivity index (χ1n) is 2.56. The Hall–Kier alpha value is -0.370. The van der Waals surface area contributed by atoms with Crippen molar-refractivity contribution in [1.29, 1.82) is 0 Å². The Morgan fingerprint density at radius 3 is 2.78 bits per heavy atom. The molecule has 0 nitrogen and oxygen atoms in total. The van der Waals surface area contributed by atoms with Crippen molar-refractivity contribution in [2.24, 2.45) is 0 Å². The molecule has 0 fully saturated rings. The van der Waals surface area contributed by atoms with Gasteiger partial charge >= 0.3 is 0 Å². The Bertz CT molecular complexity index is 172. The van der Waals surface area contributed by atoms with Crippen LogP contribution in [0.1, 0.15) is 6.42 Å². The highest BCUT2D eigenvalue weighted by Crippen LogP contribution is 2.22. The lowest BCUT2D eigenvalue weighted by atomic mass is 10.1. The summed E-state index contributed by atoms with van der Waals surface area (Å²) in [7, 11) is 0. The average Bonchev–Trinajstić information content (AvgIpc) is 1.59. The summed E-state index contributed by atoms with van der Waals surface area (Å²) in [6, 6.07) is 0. The van der Waals surface area contributed by atoms with Crippen LogP contribution >= 0.6 is 11.6 Å². The highest BCUT2D eigenvalue weighted by molar-refractivity contribution is 6.29. The smallest absolute Gasteiger partial charge is 0.126 e. The zero-order valence-corrected chi connectivity index (χ0v) is 5.33. The number of allylic oxidation sites excluding steroid dienone is 4. The fourth-order valence-electron chi connectivity index (χ4n) is 0.675. The Morgan fingerprint density at radius 1 is 1.67 bits per heavy atom. The summed E-state index contributed by atoms with van der Waals surface area (Å²) < 4.78 is 24.4. The van der Waals surface area contributed by atoms with E-state index < -0.39 is 12.0 Å². The number of alkyl halides is 1. The number of hydrogen-bond donors (Lipinski definition) is 0. The summed E-state index contributed by atoms with van der Waals surface area (Å²) >= 11 is 5.35. The molecule has 1 unspecified atom stereocenters. The molecule has 0 N–H and O–H groups in total. The highest BCUT2D eigenvalue weighted by Gasteiger charge is 2.11. The maximum Gasteiger partial charge on any atom is 0.126 e. The zero-order valence-electron chi connectivity index (χ0n) is 4.57. The van der Waals surface area contributed by atoms with Gasteiger partial charge in [0.25, 0.3) is 0 Å². The molecule has 0 aromatic carbocycles. The standard InChI is InChI=1S/C6H5ClF2/c7-4-1-5(8)3-6(9)2-4/h1,3,6H,2H2. The van der Waals surface area contributed by atoms with Gasteiger partial charge in [-0.15, -0.1) is 0 Å². The molecule has 50 valence electrons. The third kappa shape index (κ3) is 1.79. The second kappa shape index (κ2) is 2.48. The second-order valence-electron chi connectivity index (χ2n) is 1.86. The molecule has 0 aromatic heterocycles. The molecule has 1 aliphatic rings. The van der Waals surface area contributed by atoms with E-state index in [1.54, 1.807) is 0 Å². The molecule has 0 spiro atoms. The Labute approximate surface area is 56.8 Å². The number of hydrogen-bond acceptors (Lipinski definition) is 0. The van der Waals surface area contributed by atoms with Crippen LogP contribution < -0.4 is 0 Å². The molecule has 0 radical (unpaired) electrons. The fraction of sp³-hybridized carbons (Fsp3) is 0.333. The largest absolute Gasteiger partial charge is 0.242 e. The van der Waals surface area contributed by atoms with Gasteiger partial charge in [-0.3, -0.25) is 0 Å². The molecule has 0 saturated heterocycles. The highest BCUT2D eigenvalue weighted by atomic mass is 35.5. The molecular formula is C6H5ClF2. The van der Waals surface area contributed by atoms with Crippen molar-refractivity contribution >= 4 is 11.6 Å². The summed E-state index contributed by atoms with van der Waals surface area (Å²) in [5.74, 6) is -0.584. The number of rotatable bonds is 0. The van der Waals surface area contributed by atoms with Gasteiger partial charge in [0.1, 0.15) is 12.0 Å². The maximum absolute atomic E-state index is 12.2. The van der Waals surface area contributed by atoms with Crippen LogP contribution in [-0.2, 0) is 0 Å². The average molecular weight is 151 g/mol. The molecule has 1 atom stereocenters. The van der Waals surface area contributed by atoms with Gasteiger partial charge < -0.3 is 0 Å². The van der Waals surface area contributed by atoms with Gasteiger partial charge in [-0.1, -0.05) is 11.6 Å². The normalized spacial score (nSPS) is 27.2. The van der Waals surface area contributed by atoms with Gasteiger partial charge in [0, 0.05) is 11.5 Å². The van der Waals surface area contributed by atoms with Crippen molar-refractivity contribution in [3.8, 4) is 0 Å². The minimum absolute atomic E-state index is 0.106. The molecule has 0 heterocycles. The van der Waals surface area contributed by atoms with E-state index in [4.69, 9.17) is 11.6 Å². The van der Waals surface area contributed by atoms with E-state index in [-0.39, 0.29) is 11.5 Å². The predicted molar refractivity (Wildman–Crippen MR) is 32.6 cm³/mol. The van der Waals surface area contributed by atoms with Crippen molar-refractivity contribution < 1.29 is 8.78 Å². The monoisotopic (exact) mass is 150 g/mol. The molecule has 0 bridgehead atoms. The quantitative estimate of drug-likeness (QED) is 0.498. The minimum atomic E-state index is -1.25. The first kappa shape index (κ1) is 6.75. The van der Waals surface area contributed by atoms with Gasteiger partial charge in [-0.2, -0.15) is 0 Å². The van der Waals surface area contributed by atoms with Gasteiger partial charge in [0.2, 0.25) is 0 Å². The molecule has 0 amide bonds. The first-order valence-corrected chi connectivity index (χ1v) is 2.94. The Balaban J connectivity index is 2.74. The van der Waals surface area contributed by atoms with Crippen molar-refractivity contribution in [3.05, 3.63) is 23.0 Å². The van der Waals surface area contributed by atoms with E-state index in [1.165, 1.54) is 0 Å². The Morgan fingerprint density at radius 2 is 2.33 bits per heavy atom. The second-order valence-corrected chi connectivity index (χ2v) is 2.35. The molecule has 1 rings (SSSR count). The van der Waals surface area contributed by atoms with E-state index in [9.17, 15) is 8.78 Å². The summed E-state index contributed by atoms with van der Waals surface area (Å²) in [5.41, 5.74) is 0. The van der Waals surface area contributed by atoms with Crippen LogP contribution in [0.15, 0.2) is 23.0 Å². The third-order valence-corrected chi connectivity index (χ3v) is 1.29. The molecule has 3 heteroatoms. The molecular weight excluding hydrogens is 146 g/mol. The van der Waals surface area contributed by atoms with Gasteiger partial charge in [0.05, 0.1) is 0 Å². The Kier molecular flexibility index (Phi) is 1.86. The molecule has 0 aliphatic heterocycles. The summed E-state index contributed by atoms with van der Waals surface area (Å²) in [6.07, 6.45) is 0.890. The van der Waals surface area contributed by atoms with E-state index in [0.29, 0.717) is 0 Å². The van der Waals surface area contributed by atoms with Crippen LogP contribution in [0.3, 0.4) is 0 Å². The van der Waals surface area contributed by atoms with E-state index in [1.807, 2.05) is 0 Å². The predicted octanol–water partition coefficient (Wildman–Crippen LogP) is 2.70. The molecule has 9 heavy (non-hydrogen) atoms. The van der Waals surface area contributed by atoms with Crippen LogP contribution in [0.4, 0.5) is 8.78 Å². The molecule has 0 saturated carbocycles. The summed E-state index contributed by atoms with van der Waals surface area (Å²) in [5, 5.41) is 0.238. The summed E-state index contributed by atoms with van der Waals surface area (Å²) in [4.78, 5) is 0. The van der Waals surface area contributed by atoms with E-state index in [0.717, 1.165) is 12.2 Å². The summed E-state index contributed by atoms with van der Waals surface area (Å²) in [6.45, 7) is 0. The maximum atomic E-state index is 12.2. The van der Waals surface area contributed by atoms with Crippen LogP contribution in [0, 0.1) is 0 Å². The minimum Gasteiger partial charge on any atom is -0.242 e. The van der Waals surface area contributed by atoms with Crippen molar-refractivity contribution in [2.45, 2.75) is 12.6 Å². The van der Waals surface area contributed by atoms with Crippen LogP contribution in [-0.4, -0.2) is 6.17 Å². The first-order chi connectivity index (χ1) is 4.18. The molecule has 1 aliphatic carbocycles. The lowest BCUT2D eigenvalue weighted by molar-refractivity contribution is 0.390. The van der Waals surface area contributed by atoms with Crippen molar-refractivity contribution in [3.63, 3.8) is 0 Å². The van der Waals surface area contributed by atoms with Gasteiger partial charge in [-0.25, -0.2) is 8.78 Å². The third-order valence-electron chi connectivity index (χ3n) is 1.02. The van der Waals surface area contributed by atoms with Crippen LogP contribution in [0.2, 0.25) is 0 Å². The zero-order chi connectivity index (χ0) is 6.85. The topological polar surface area (TPSA) is 0 Å². The SMILES string of the molecule is FC1=CC(F)CC(Cl)=C1. The van der Waals surface area contributed by atoms with Crippen molar-refractivity contribution in [2.75, 3.05) is 0 Å². The van der Waals surface area contributed by atoms with Gasteiger partial charge in [0.15, 0.2) is 0 Å². The van der Waals surface area contributed by atoms with E-state index >= 15 is 0 Å². The lowest BCUT2D eigenvalue weighted by Gasteiger charge is -2.06. The molecule has 0 aromatic rings. The van der Waals surface area contributed by atoms with E-state index in [2.05, 4.69) is 0 Å². The fourth-order valence-corrected chi connectivity index (χ4v) is 0.926. The van der Waals surface area contributed by atoms with Crippen LogP contribution in [0.25, 0.3) is 0 Å². The number of halogens is 3.